The summed E-state index contributed by atoms with van der Waals surface area (Å²) in [5.41, 5.74) is 7.63. The summed E-state index contributed by atoms with van der Waals surface area (Å²) in [5, 5.41) is 8.67. The molecule has 0 aliphatic heterocycles. The van der Waals surface area contributed by atoms with Crippen LogP contribution in [0.25, 0.3) is 16.7 Å². The number of anilines is 1. The van der Waals surface area contributed by atoms with Crippen molar-refractivity contribution in [3.8, 4) is 5.69 Å². The summed E-state index contributed by atoms with van der Waals surface area (Å²) in [4.78, 5) is 12.9. The molecule has 1 N–H and O–H groups in total. The predicted molar refractivity (Wildman–Crippen MR) is 120 cm³/mol. The average Bonchev–Trinajstić information content (AvgIpc) is 3.22. The Hall–Kier alpha value is -3.34. The number of amides is 1. The standard InChI is InChI=1S/C25H27N3O2/c1-15(2)21-13-22-19(14-30-23(22)11-16(21)3)12-24(29)26-25-17(4)27-28(18(25)5)20-9-7-6-8-10-20/h6-11,13-15H,12H2,1-5H3,(H,26,29). The Balaban J connectivity index is 1.59. The molecule has 1 amide bonds. The lowest BCUT2D eigenvalue weighted by Crippen LogP contribution is -2.15. The Kier molecular flexibility index (Phi) is 5.20. The molecule has 2 heterocycles. The maximum Gasteiger partial charge on any atom is 0.229 e. The van der Waals surface area contributed by atoms with Gasteiger partial charge in [-0.05, 0) is 62.1 Å². The molecule has 2 aromatic carbocycles. The molecule has 0 saturated heterocycles. The Labute approximate surface area is 176 Å². The van der Waals surface area contributed by atoms with Gasteiger partial charge in [-0.15, -0.1) is 0 Å². The van der Waals surface area contributed by atoms with Crippen LogP contribution in [0.4, 0.5) is 5.69 Å². The minimum atomic E-state index is -0.0804. The quantitative estimate of drug-likeness (QED) is 0.456. The van der Waals surface area contributed by atoms with E-state index in [1.807, 2.05) is 48.9 Å². The number of aromatic nitrogens is 2. The van der Waals surface area contributed by atoms with E-state index in [1.165, 1.54) is 11.1 Å². The van der Waals surface area contributed by atoms with Crippen LogP contribution in [0.5, 0.6) is 0 Å². The van der Waals surface area contributed by atoms with Crippen molar-refractivity contribution in [3.05, 3.63) is 76.8 Å². The van der Waals surface area contributed by atoms with Gasteiger partial charge >= 0.3 is 0 Å². The molecule has 0 atom stereocenters. The van der Waals surface area contributed by atoms with E-state index in [0.717, 1.165) is 39.3 Å². The molecular weight excluding hydrogens is 374 g/mol. The number of rotatable bonds is 5. The van der Waals surface area contributed by atoms with Crippen LogP contribution in [0.3, 0.4) is 0 Å². The van der Waals surface area contributed by atoms with Gasteiger partial charge in [0.2, 0.25) is 5.91 Å². The summed E-state index contributed by atoms with van der Waals surface area (Å²) < 4.78 is 7.59. The highest BCUT2D eigenvalue weighted by molar-refractivity contribution is 5.96. The molecule has 0 unspecified atom stereocenters. The normalized spacial score (nSPS) is 11.4. The van der Waals surface area contributed by atoms with Gasteiger partial charge in [0.15, 0.2) is 0 Å². The van der Waals surface area contributed by atoms with E-state index in [0.29, 0.717) is 5.92 Å². The third-order valence-electron chi connectivity index (χ3n) is 5.57. The fourth-order valence-corrected chi connectivity index (χ4v) is 4.00. The zero-order valence-electron chi connectivity index (χ0n) is 18.1. The highest BCUT2D eigenvalue weighted by Crippen LogP contribution is 2.30. The largest absolute Gasteiger partial charge is 0.464 e. The van der Waals surface area contributed by atoms with Gasteiger partial charge < -0.3 is 9.73 Å². The van der Waals surface area contributed by atoms with Crippen molar-refractivity contribution in [1.82, 2.24) is 9.78 Å². The van der Waals surface area contributed by atoms with Gasteiger partial charge in [0.05, 0.1) is 35.4 Å². The Morgan fingerprint density at radius 2 is 1.87 bits per heavy atom. The fourth-order valence-electron chi connectivity index (χ4n) is 4.00. The summed E-state index contributed by atoms with van der Waals surface area (Å²) in [5.74, 6) is 0.336. The Morgan fingerprint density at radius 1 is 1.13 bits per heavy atom. The molecule has 0 bridgehead atoms. The number of para-hydroxylation sites is 1. The van der Waals surface area contributed by atoms with Gasteiger partial charge in [-0.25, -0.2) is 4.68 Å². The number of furan rings is 1. The first-order valence-electron chi connectivity index (χ1n) is 10.3. The van der Waals surface area contributed by atoms with E-state index in [-0.39, 0.29) is 12.3 Å². The van der Waals surface area contributed by atoms with Crippen molar-refractivity contribution in [3.63, 3.8) is 0 Å². The molecule has 0 aliphatic rings. The summed E-state index contributed by atoms with van der Waals surface area (Å²) >= 11 is 0. The Morgan fingerprint density at radius 3 is 2.57 bits per heavy atom. The number of hydrogen-bond acceptors (Lipinski definition) is 3. The van der Waals surface area contributed by atoms with Crippen LogP contribution in [-0.2, 0) is 11.2 Å². The molecule has 0 aliphatic carbocycles. The highest BCUT2D eigenvalue weighted by Gasteiger charge is 2.18. The van der Waals surface area contributed by atoms with E-state index in [2.05, 4.69) is 43.3 Å². The van der Waals surface area contributed by atoms with E-state index in [9.17, 15) is 4.79 Å². The molecule has 0 fully saturated rings. The first-order chi connectivity index (χ1) is 14.3. The smallest absolute Gasteiger partial charge is 0.229 e. The van der Waals surface area contributed by atoms with E-state index in [1.54, 1.807) is 6.26 Å². The number of benzene rings is 2. The summed E-state index contributed by atoms with van der Waals surface area (Å²) in [6.45, 7) is 10.3. The van der Waals surface area contributed by atoms with Gasteiger partial charge in [-0.3, -0.25) is 4.79 Å². The zero-order valence-corrected chi connectivity index (χ0v) is 18.1. The maximum absolute atomic E-state index is 12.9. The minimum absolute atomic E-state index is 0.0804. The van der Waals surface area contributed by atoms with Crippen LogP contribution in [0, 0.1) is 20.8 Å². The number of carbonyl (C=O) groups is 1. The van der Waals surface area contributed by atoms with Gasteiger partial charge in [0.1, 0.15) is 5.58 Å². The van der Waals surface area contributed by atoms with Gasteiger partial charge in [0.25, 0.3) is 0 Å². The summed E-state index contributed by atoms with van der Waals surface area (Å²) in [6.07, 6.45) is 1.95. The number of hydrogen-bond donors (Lipinski definition) is 1. The van der Waals surface area contributed by atoms with Crippen LogP contribution in [0.15, 0.2) is 53.1 Å². The first kappa shape index (κ1) is 20.0. The fraction of sp³-hybridized carbons (Fsp3) is 0.280. The lowest BCUT2D eigenvalue weighted by atomic mass is 9.95. The minimum Gasteiger partial charge on any atom is -0.464 e. The van der Waals surface area contributed by atoms with Gasteiger partial charge in [-0.2, -0.15) is 5.10 Å². The number of nitrogens with zero attached hydrogens (tertiary/aromatic N) is 2. The molecule has 5 heteroatoms. The number of fused-ring (bicyclic) bond motifs is 1. The van der Waals surface area contributed by atoms with Crippen molar-refractivity contribution in [1.29, 1.82) is 0 Å². The third-order valence-corrected chi connectivity index (χ3v) is 5.57. The molecule has 4 rings (SSSR count). The lowest BCUT2D eigenvalue weighted by Gasteiger charge is -2.10. The van der Waals surface area contributed by atoms with Crippen molar-refractivity contribution < 1.29 is 9.21 Å². The molecular formula is C25H27N3O2. The second kappa shape index (κ2) is 7.82. The second-order valence-electron chi connectivity index (χ2n) is 8.14. The third kappa shape index (κ3) is 3.63. The summed E-state index contributed by atoms with van der Waals surface area (Å²) in [6, 6.07) is 14.1. The van der Waals surface area contributed by atoms with Crippen molar-refractivity contribution in [2.75, 3.05) is 5.32 Å². The van der Waals surface area contributed by atoms with Crippen LogP contribution < -0.4 is 5.32 Å². The lowest BCUT2D eigenvalue weighted by molar-refractivity contribution is -0.115. The number of nitrogens with one attached hydrogen (secondary N) is 1. The molecule has 2 aromatic heterocycles. The van der Waals surface area contributed by atoms with Crippen molar-refractivity contribution in [2.45, 2.75) is 47.0 Å². The average molecular weight is 402 g/mol. The van der Waals surface area contributed by atoms with E-state index < -0.39 is 0 Å². The molecule has 30 heavy (non-hydrogen) atoms. The zero-order chi connectivity index (χ0) is 21.4. The SMILES string of the molecule is Cc1cc2occ(CC(=O)Nc3c(C)nn(-c4ccccc4)c3C)c2cc1C(C)C. The van der Waals surface area contributed by atoms with Crippen LogP contribution in [0.2, 0.25) is 0 Å². The van der Waals surface area contributed by atoms with Crippen LogP contribution in [0.1, 0.15) is 47.8 Å². The predicted octanol–water partition coefficient (Wildman–Crippen LogP) is 5.85. The van der Waals surface area contributed by atoms with E-state index >= 15 is 0 Å². The first-order valence-corrected chi connectivity index (χ1v) is 10.3. The van der Waals surface area contributed by atoms with E-state index in [4.69, 9.17) is 4.42 Å². The van der Waals surface area contributed by atoms with Crippen molar-refractivity contribution >= 4 is 22.6 Å². The molecule has 5 nitrogen and oxygen atoms in total. The van der Waals surface area contributed by atoms with Crippen LogP contribution in [-0.4, -0.2) is 15.7 Å². The van der Waals surface area contributed by atoms with Crippen molar-refractivity contribution in [2.24, 2.45) is 0 Å². The topological polar surface area (TPSA) is 60.1 Å². The van der Waals surface area contributed by atoms with Gasteiger partial charge in [0, 0.05) is 10.9 Å². The summed E-state index contributed by atoms with van der Waals surface area (Å²) in [7, 11) is 0. The monoisotopic (exact) mass is 401 g/mol. The molecule has 4 aromatic rings. The Bertz CT molecular complexity index is 1220. The maximum atomic E-state index is 12.9. The number of carbonyl (C=O) groups excluding carboxylic acids is 1. The molecule has 0 saturated carbocycles. The number of aryl methyl sites for hydroxylation is 2. The molecule has 154 valence electrons. The van der Waals surface area contributed by atoms with Crippen LogP contribution >= 0.6 is 0 Å². The second-order valence-corrected chi connectivity index (χ2v) is 8.14. The van der Waals surface area contributed by atoms with Gasteiger partial charge in [-0.1, -0.05) is 32.0 Å². The highest BCUT2D eigenvalue weighted by atomic mass is 16.3. The molecule has 0 radical (unpaired) electrons. The molecule has 0 spiro atoms.